The largest absolute Gasteiger partial charge is 0.330 e. The molecule has 2 aromatic rings. The van der Waals surface area contributed by atoms with E-state index in [-0.39, 0.29) is 5.41 Å². The van der Waals surface area contributed by atoms with E-state index in [1.54, 1.807) is 0 Å². The first-order chi connectivity index (χ1) is 10.0. The molecule has 2 N–H and O–H groups in total. The Morgan fingerprint density at radius 2 is 1.76 bits per heavy atom. The summed E-state index contributed by atoms with van der Waals surface area (Å²) >= 11 is 0. The predicted molar refractivity (Wildman–Crippen MR) is 91.9 cm³/mol. The van der Waals surface area contributed by atoms with Gasteiger partial charge in [0.15, 0.2) is 0 Å². The normalized spacial score (nSPS) is 13.5. The molecule has 0 aromatic heterocycles. The quantitative estimate of drug-likeness (QED) is 0.782. The van der Waals surface area contributed by atoms with Crippen LogP contribution in [0.1, 0.15) is 33.1 Å². The number of benzene rings is 2. The summed E-state index contributed by atoms with van der Waals surface area (Å²) in [6.07, 6.45) is 3.17. The molecule has 114 valence electrons. The van der Waals surface area contributed by atoms with Crippen molar-refractivity contribution in [2.45, 2.75) is 38.0 Å². The summed E-state index contributed by atoms with van der Waals surface area (Å²) in [4.78, 5) is 0.937. The molecule has 1 atom stereocenters. The molecule has 21 heavy (non-hydrogen) atoms. The predicted octanol–water partition coefficient (Wildman–Crippen LogP) is 4.10. The van der Waals surface area contributed by atoms with Crippen LogP contribution < -0.4 is 5.73 Å². The fraction of sp³-hybridized carbons (Fsp3) is 0.444. The molecule has 2 rings (SSSR count). The Labute approximate surface area is 130 Å². The molecule has 0 spiro atoms. The minimum atomic E-state index is -0.901. The zero-order chi connectivity index (χ0) is 15.3. The Morgan fingerprint density at radius 3 is 2.48 bits per heavy atom. The van der Waals surface area contributed by atoms with Gasteiger partial charge in [0.05, 0.1) is 10.8 Å². The molecule has 0 saturated heterocycles. The smallest absolute Gasteiger partial charge is 0.0529 e. The van der Waals surface area contributed by atoms with Gasteiger partial charge in [-0.1, -0.05) is 50.6 Å². The van der Waals surface area contributed by atoms with Crippen LogP contribution in [0.3, 0.4) is 0 Å². The third-order valence-corrected chi connectivity index (χ3v) is 5.41. The van der Waals surface area contributed by atoms with E-state index in [0.29, 0.717) is 6.54 Å². The Hall–Kier alpha value is -1.19. The Morgan fingerprint density at radius 1 is 1.05 bits per heavy atom. The molecular weight excluding hydrogens is 278 g/mol. The van der Waals surface area contributed by atoms with Crippen molar-refractivity contribution in [3.8, 4) is 0 Å². The molecule has 0 saturated carbocycles. The summed E-state index contributed by atoms with van der Waals surface area (Å²) in [5.74, 6) is 0.735. The average Bonchev–Trinajstić information content (AvgIpc) is 2.51. The van der Waals surface area contributed by atoms with Gasteiger partial charge in [0.25, 0.3) is 0 Å². The van der Waals surface area contributed by atoms with Crippen molar-refractivity contribution in [3.05, 3.63) is 42.5 Å². The van der Waals surface area contributed by atoms with Crippen molar-refractivity contribution in [3.63, 3.8) is 0 Å². The maximum atomic E-state index is 12.4. The SMILES string of the molecule is CC(C)(CN)CCCCS(=O)c1ccc2ccccc2c1. The Balaban J connectivity index is 1.90. The van der Waals surface area contributed by atoms with Gasteiger partial charge in [-0.05, 0) is 47.7 Å². The van der Waals surface area contributed by atoms with Gasteiger partial charge in [-0.3, -0.25) is 4.21 Å². The number of rotatable bonds is 7. The average molecular weight is 303 g/mol. The van der Waals surface area contributed by atoms with Crippen molar-refractivity contribution in [1.29, 1.82) is 0 Å². The minimum Gasteiger partial charge on any atom is -0.330 e. The summed E-state index contributed by atoms with van der Waals surface area (Å²) in [6, 6.07) is 14.3. The Kier molecular flexibility index (Phi) is 5.54. The van der Waals surface area contributed by atoms with Gasteiger partial charge in [0.2, 0.25) is 0 Å². The van der Waals surface area contributed by atoms with Crippen LogP contribution in [0.4, 0.5) is 0 Å². The lowest BCUT2D eigenvalue weighted by molar-refractivity contribution is 0.336. The third kappa shape index (κ3) is 4.65. The van der Waals surface area contributed by atoms with Crippen molar-refractivity contribution in [2.24, 2.45) is 11.1 Å². The first-order valence-corrected chi connectivity index (χ1v) is 8.91. The molecule has 0 aliphatic carbocycles. The number of hydrogen-bond donors (Lipinski definition) is 1. The second-order valence-corrected chi connectivity index (χ2v) is 7.95. The fourth-order valence-electron chi connectivity index (χ4n) is 2.37. The van der Waals surface area contributed by atoms with Gasteiger partial charge < -0.3 is 5.73 Å². The minimum absolute atomic E-state index is 0.199. The maximum Gasteiger partial charge on any atom is 0.0529 e. The highest BCUT2D eigenvalue weighted by Gasteiger charge is 2.14. The van der Waals surface area contributed by atoms with Gasteiger partial charge in [-0.15, -0.1) is 0 Å². The first kappa shape index (κ1) is 16.2. The van der Waals surface area contributed by atoms with Crippen LogP contribution >= 0.6 is 0 Å². The van der Waals surface area contributed by atoms with E-state index in [0.717, 1.165) is 35.3 Å². The molecule has 0 heterocycles. The summed E-state index contributed by atoms with van der Waals surface area (Å²) < 4.78 is 12.4. The zero-order valence-corrected chi connectivity index (χ0v) is 13.8. The highest BCUT2D eigenvalue weighted by Crippen LogP contribution is 2.22. The molecule has 0 radical (unpaired) electrons. The van der Waals surface area contributed by atoms with Crippen LogP contribution in [0.15, 0.2) is 47.4 Å². The lowest BCUT2D eigenvalue weighted by atomic mass is 9.88. The molecule has 0 amide bonds. The fourth-order valence-corrected chi connectivity index (χ4v) is 3.55. The molecule has 2 nitrogen and oxygen atoms in total. The number of nitrogens with two attached hydrogens (primary N) is 1. The molecule has 1 unspecified atom stereocenters. The monoisotopic (exact) mass is 303 g/mol. The van der Waals surface area contributed by atoms with Crippen LogP contribution in [-0.2, 0) is 10.8 Å². The van der Waals surface area contributed by atoms with E-state index in [4.69, 9.17) is 5.73 Å². The van der Waals surface area contributed by atoms with E-state index in [2.05, 4.69) is 38.1 Å². The summed E-state index contributed by atoms with van der Waals surface area (Å²) in [7, 11) is -0.901. The standard InChI is InChI=1S/C18H25NOS/c1-18(2,14-19)11-5-6-12-21(20)17-10-9-15-7-3-4-8-16(15)13-17/h3-4,7-10,13H,5-6,11-12,14,19H2,1-2H3. The van der Waals surface area contributed by atoms with Gasteiger partial charge >= 0.3 is 0 Å². The highest BCUT2D eigenvalue weighted by molar-refractivity contribution is 7.85. The van der Waals surface area contributed by atoms with Crippen molar-refractivity contribution >= 4 is 21.6 Å². The van der Waals surface area contributed by atoms with Gasteiger partial charge in [0, 0.05) is 10.6 Å². The van der Waals surface area contributed by atoms with E-state index >= 15 is 0 Å². The number of unbranched alkanes of at least 4 members (excludes halogenated alkanes) is 1. The molecule has 2 aromatic carbocycles. The molecule has 0 aliphatic heterocycles. The summed E-state index contributed by atoms with van der Waals surface area (Å²) in [5.41, 5.74) is 5.93. The van der Waals surface area contributed by atoms with Gasteiger partial charge in [-0.25, -0.2) is 0 Å². The first-order valence-electron chi connectivity index (χ1n) is 7.59. The topological polar surface area (TPSA) is 43.1 Å². The number of hydrogen-bond acceptors (Lipinski definition) is 2. The highest BCUT2D eigenvalue weighted by atomic mass is 32.2. The second kappa shape index (κ2) is 7.19. The van der Waals surface area contributed by atoms with E-state index in [1.807, 2.05) is 18.2 Å². The van der Waals surface area contributed by atoms with Gasteiger partial charge in [0.1, 0.15) is 0 Å². The van der Waals surface area contributed by atoms with Crippen LogP contribution in [0.25, 0.3) is 10.8 Å². The van der Waals surface area contributed by atoms with Crippen molar-refractivity contribution < 1.29 is 4.21 Å². The van der Waals surface area contributed by atoms with Crippen LogP contribution in [0.2, 0.25) is 0 Å². The lowest BCUT2D eigenvalue weighted by Crippen LogP contribution is -2.23. The van der Waals surface area contributed by atoms with Crippen molar-refractivity contribution in [1.82, 2.24) is 0 Å². The van der Waals surface area contributed by atoms with Crippen molar-refractivity contribution in [2.75, 3.05) is 12.3 Å². The lowest BCUT2D eigenvalue weighted by Gasteiger charge is -2.21. The van der Waals surface area contributed by atoms with Gasteiger partial charge in [-0.2, -0.15) is 0 Å². The Bertz CT molecular complexity index is 621. The van der Waals surface area contributed by atoms with Crippen LogP contribution in [0.5, 0.6) is 0 Å². The van der Waals surface area contributed by atoms with Crippen LogP contribution in [-0.4, -0.2) is 16.5 Å². The molecule has 0 aliphatic rings. The van der Waals surface area contributed by atoms with E-state index in [9.17, 15) is 4.21 Å². The third-order valence-electron chi connectivity index (χ3n) is 3.97. The summed E-state index contributed by atoms with van der Waals surface area (Å²) in [6.45, 7) is 5.08. The van der Waals surface area contributed by atoms with E-state index in [1.165, 1.54) is 5.39 Å². The molecule has 0 bridgehead atoms. The molecular formula is C18H25NOS. The van der Waals surface area contributed by atoms with E-state index < -0.39 is 10.8 Å². The second-order valence-electron chi connectivity index (χ2n) is 6.38. The zero-order valence-electron chi connectivity index (χ0n) is 13.0. The molecule has 3 heteroatoms. The summed E-state index contributed by atoms with van der Waals surface area (Å²) in [5, 5.41) is 2.36. The maximum absolute atomic E-state index is 12.4. The van der Waals surface area contributed by atoms with Crippen LogP contribution in [0, 0.1) is 5.41 Å². The molecule has 0 fully saturated rings. The number of fused-ring (bicyclic) bond motifs is 1.